The van der Waals surface area contributed by atoms with Gasteiger partial charge < -0.3 is 4.74 Å². The Kier molecular flexibility index (Phi) is 5.70. The number of sulfonamides is 1. The zero-order valence-electron chi connectivity index (χ0n) is 13.3. The van der Waals surface area contributed by atoms with Crippen LogP contribution in [0.5, 0.6) is 0 Å². The summed E-state index contributed by atoms with van der Waals surface area (Å²) in [5.74, 6) is -0.764. The highest BCUT2D eigenvalue weighted by molar-refractivity contribution is 7.90. The topological polar surface area (TPSA) is 72.5 Å². The van der Waals surface area contributed by atoms with Crippen LogP contribution in [-0.4, -0.2) is 32.8 Å². The lowest BCUT2D eigenvalue weighted by molar-refractivity contribution is -0.123. The third-order valence-corrected chi connectivity index (χ3v) is 5.58. The van der Waals surface area contributed by atoms with Crippen LogP contribution in [-0.2, 0) is 25.0 Å². The van der Waals surface area contributed by atoms with Crippen LogP contribution in [0.15, 0.2) is 24.3 Å². The molecule has 1 saturated heterocycles. The number of halogens is 1. The quantitative estimate of drug-likeness (QED) is 0.877. The standard InChI is InChI=1S/C16H22ClNO4S/c1-16(2,12-6-5-7-13(17)10-12)15(19)18-23(20,21)11-14-8-3-4-9-22-14/h5-7,10,14H,3-4,8-9,11H2,1-2H3,(H,18,19). The highest BCUT2D eigenvalue weighted by Crippen LogP contribution is 2.26. The van der Waals surface area contributed by atoms with Crippen LogP contribution < -0.4 is 4.72 Å². The summed E-state index contributed by atoms with van der Waals surface area (Å²) < 4.78 is 32.0. The molecule has 0 saturated carbocycles. The molecular formula is C16H22ClNO4S. The highest BCUT2D eigenvalue weighted by atomic mass is 35.5. The first-order valence-corrected chi connectivity index (χ1v) is 9.66. The summed E-state index contributed by atoms with van der Waals surface area (Å²) in [5, 5.41) is 0.502. The van der Waals surface area contributed by atoms with Crippen molar-refractivity contribution >= 4 is 27.5 Å². The number of nitrogens with one attached hydrogen (secondary N) is 1. The first kappa shape index (κ1) is 18.2. The van der Waals surface area contributed by atoms with E-state index in [2.05, 4.69) is 4.72 Å². The smallest absolute Gasteiger partial charge is 0.243 e. The molecule has 1 heterocycles. The molecule has 1 N–H and O–H groups in total. The fraction of sp³-hybridized carbons (Fsp3) is 0.562. The lowest BCUT2D eigenvalue weighted by Gasteiger charge is -2.26. The van der Waals surface area contributed by atoms with Gasteiger partial charge >= 0.3 is 0 Å². The molecule has 1 aliphatic heterocycles. The largest absolute Gasteiger partial charge is 0.377 e. The Bertz CT molecular complexity index is 666. The van der Waals surface area contributed by atoms with Crippen molar-refractivity contribution in [3.63, 3.8) is 0 Å². The van der Waals surface area contributed by atoms with E-state index in [1.165, 1.54) is 0 Å². The molecule has 1 amide bonds. The van der Waals surface area contributed by atoms with Crippen molar-refractivity contribution in [2.75, 3.05) is 12.4 Å². The van der Waals surface area contributed by atoms with E-state index in [1.54, 1.807) is 38.1 Å². The second kappa shape index (κ2) is 7.20. The minimum absolute atomic E-state index is 0.190. The molecule has 1 aliphatic rings. The maximum absolute atomic E-state index is 12.5. The molecule has 1 aromatic rings. The predicted octanol–water partition coefficient (Wildman–Crippen LogP) is 2.63. The van der Waals surface area contributed by atoms with E-state index in [4.69, 9.17) is 16.3 Å². The van der Waals surface area contributed by atoms with Crippen LogP contribution in [0.4, 0.5) is 0 Å². The fourth-order valence-electron chi connectivity index (χ4n) is 2.50. The Hall–Kier alpha value is -1.11. The van der Waals surface area contributed by atoms with Gasteiger partial charge in [-0.3, -0.25) is 9.52 Å². The number of carbonyl (C=O) groups excluding carboxylic acids is 1. The van der Waals surface area contributed by atoms with Gasteiger partial charge in [0.2, 0.25) is 15.9 Å². The number of carbonyl (C=O) groups is 1. The number of rotatable bonds is 5. The maximum Gasteiger partial charge on any atom is 0.243 e. The van der Waals surface area contributed by atoms with Crippen LogP contribution in [0, 0.1) is 0 Å². The summed E-state index contributed by atoms with van der Waals surface area (Å²) in [6, 6.07) is 6.85. The van der Waals surface area contributed by atoms with Gasteiger partial charge in [0.1, 0.15) is 0 Å². The summed E-state index contributed by atoms with van der Waals surface area (Å²) in [4.78, 5) is 12.5. The second-order valence-corrected chi connectivity index (χ2v) is 8.54. The predicted molar refractivity (Wildman–Crippen MR) is 90.0 cm³/mol. The molecule has 128 valence electrons. The molecule has 1 fully saturated rings. The highest BCUT2D eigenvalue weighted by Gasteiger charge is 2.33. The van der Waals surface area contributed by atoms with Crippen molar-refractivity contribution in [3.05, 3.63) is 34.9 Å². The van der Waals surface area contributed by atoms with Gasteiger partial charge in [-0.15, -0.1) is 0 Å². The van der Waals surface area contributed by atoms with Gasteiger partial charge in [0.25, 0.3) is 0 Å². The van der Waals surface area contributed by atoms with Crippen LogP contribution >= 0.6 is 11.6 Å². The third-order valence-electron chi connectivity index (χ3n) is 4.04. The summed E-state index contributed by atoms with van der Waals surface area (Å²) >= 11 is 5.95. The molecule has 0 aliphatic carbocycles. The molecule has 1 unspecified atom stereocenters. The third kappa shape index (κ3) is 4.93. The first-order valence-electron chi connectivity index (χ1n) is 7.63. The van der Waals surface area contributed by atoms with Crippen molar-refractivity contribution < 1.29 is 17.9 Å². The number of benzene rings is 1. The monoisotopic (exact) mass is 359 g/mol. The summed E-state index contributed by atoms with van der Waals surface area (Å²) in [6.07, 6.45) is 2.25. The molecule has 23 heavy (non-hydrogen) atoms. The lowest BCUT2D eigenvalue weighted by Crippen LogP contribution is -2.45. The molecule has 1 aromatic carbocycles. The SMILES string of the molecule is CC(C)(C(=O)NS(=O)(=O)CC1CCCCO1)c1cccc(Cl)c1. The summed E-state index contributed by atoms with van der Waals surface area (Å²) in [7, 11) is -3.74. The van der Waals surface area contributed by atoms with Gasteiger partial charge in [0.05, 0.1) is 17.3 Å². The molecule has 1 atom stereocenters. The van der Waals surface area contributed by atoms with Gasteiger partial charge in [-0.05, 0) is 50.8 Å². The Morgan fingerprint density at radius 2 is 2.13 bits per heavy atom. The Labute approximate surface area is 142 Å². The second-order valence-electron chi connectivity index (χ2n) is 6.34. The molecular weight excluding hydrogens is 338 g/mol. The number of hydrogen-bond acceptors (Lipinski definition) is 4. The van der Waals surface area contributed by atoms with E-state index in [1.807, 2.05) is 0 Å². The fourth-order valence-corrected chi connectivity index (χ4v) is 4.07. The average molecular weight is 360 g/mol. The summed E-state index contributed by atoms with van der Waals surface area (Å²) in [5.41, 5.74) is -0.350. The van der Waals surface area contributed by atoms with Crippen molar-refractivity contribution in [2.45, 2.75) is 44.6 Å². The van der Waals surface area contributed by atoms with Gasteiger partial charge in [0.15, 0.2) is 0 Å². The molecule has 0 bridgehead atoms. The zero-order chi connectivity index (χ0) is 17.1. The van der Waals surface area contributed by atoms with Crippen molar-refractivity contribution in [1.82, 2.24) is 4.72 Å². The lowest BCUT2D eigenvalue weighted by atomic mass is 9.84. The number of amides is 1. The van der Waals surface area contributed by atoms with Crippen molar-refractivity contribution in [1.29, 1.82) is 0 Å². The van der Waals surface area contributed by atoms with Gasteiger partial charge in [0, 0.05) is 11.6 Å². The zero-order valence-corrected chi connectivity index (χ0v) is 14.9. The van der Waals surface area contributed by atoms with E-state index in [9.17, 15) is 13.2 Å². The molecule has 0 radical (unpaired) electrons. The van der Waals surface area contributed by atoms with Crippen LogP contribution in [0.25, 0.3) is 0 Å². The van der Waals surface area contributed by atoms with Crippen LogP contribution in [0.3, 0.4) is 0 Å². The van der Waals surface area contributed by atoms with Crippen LogP contribution in [0.2, 0.25) is 5.02 Å². The van der Waals surface area contributed by atoms with E-state index in [0.717, 1.165) is 12.8 Å². The van der Waals surface area contributed by atoms with Gasteiger partial charge in [-0.1, -0.05) is 23.7 Å². The van der Waals surface area contributed by atoms with Crippen molar-refractivity contribution in [2.24, 2.45) is 0 Å². The molecule has 7 heteroatoms. The summed E-state index contributed by atoms with van der Waals surface area (Å²) in [6.45, 7) is 3.91. The molecule has 5 nitrogen and oxygen atoms in total. The van der Waals surface area contributed by atoms with Crippen molar-refractivity contribution in [3.8, 4) is 0 Å². The molecule has 2 rings (SSSR count). The average Bonchev–Trinajstić information content (AvgIpc) is 2.47. The Morgan fingerprint density at radius 1 is 1.39 bits per heavy atom. The van der Waals surface area contributed by atoms with Crippen LogP contribution in [0.1, 0.15) is 38.7 Å². The minimum Gasteiger partial charge on any atom is -0.377 e. The van der Waals surface area contributed by atoms with E-state index >= 15 is 0 Å². The maximum atomic E-state index is 12.5. The molecule has 0 spiro atoms. The van der Waals surface area contributed by atoms with E-state index in [0.29, 0.717) is 23.6 Å². The Balaban J connectivity index is 2.07. The van der Waals surface area contributed by atoms with E-state index < -0.39 is 21.3 Å². The molecule has 0 aromatic heterocycles. The normalized spacial score (nSPS) is 19.3. The Morgan fingerprint density at radius 3 is 2.74 bits per heavy atom. The minimum atomic E-state index is -3.74. The number of ether oxygens (including phenoxy) is 1. The van der Waals surface area contributed by atoms with Gasteiger partial charge in [-0.2, -0.15) is 0 Å². The van der Waals surface area contributed by atoms with Gasteiger partial charge in [-0.25, -0.2) is 8.42 Å². The number of hydrogen-bond donors (Lipinski definition) is 1. The first-order chi connectivity index (χ1) is 10.7. The van der Waals surface area contributed by atoms with E-state index in [-0.39, 0.29) is 11.9 Å².